The van der Waals surface area contributed by atoms with Crippen LogP contribution in [0.5, 0.6) is 0 Å². The smallest absolute Gasteiger partial charge is 0.268 e. The number of aryl methyl sites for hydroxylation is 1. The third-order valence-corrected chi connectivity index (χ3v) is 6.88. The van der Waals surface area contributed by atoms with Gasteiger partial charge in [-0.25, -0.2) is 12.4 Å². The Balaban J connectivity index is 1.96. The highest BCUT2D eigenvalue weighted by Crippen LogP contribution is 2.36. The first-order chi connectivity index (χ1) is 12.9. The zero-order valence-corrected chi connectivity index (χ0v) is 17.0. The summed E-state index contributed by atoms with van der Waals surface area (Å²) in [6.07, 6.45) is 1.54. The number of ether oxygens (including phenoxy) is 1. The SMILES string of the molecule is Cc1ccc(S(=O)(=O)n2cc(Br)c3cccc(N4CCOCC4=O)c32)cc1. The van der Waals surface area contributed by atoms with Gasteiger partial charge in [0, 0.05) is 22.6 Å². The standard InChI is InChI=1S/C19H17BrN2O4S/c1-13-5-7-14(8-6-13)27(24,25)22-11-16(20)15-3-2-4-17(19(15)22)21-9-10-26-12-18(21)23/h2-8,11H,9-10,12H2,1H3. The van der Waals surface area contributed by atoms with E-state index in [0.29, 0.717) is 28.8 Å². The van der Waals surface area contributed by atoms with Crippen molar-refractivity contribution in [1.29, 1.82) is 0 Å². The molecule has 2 heterocycles. The van der Waals surface area contributed by atoms with Crippen LogP contribution in [0.2, 0.25) is 0 Å². The van der Waals surface area contributed by atoms with Gasteiger partial charge in [-0.3, -0.25) is 4.79 Å². The molecule has 4 rings (SSSR count). The van der Waals surface area contributed by atoms with Crippen LogP contribution in [-0.4, -0.2) is 38.1 Å². The molecule has 0 N–H and O–H groups in total. The number of hydrogen-bond donors (Lipinski definition) is 0. The molecule has 0 saturated carbocycles. The zero-order chi connectivity index (χ0) is 19.2. The molecule has 1 saturated heterocycles. The Morgan fingerprint density at radius 3 is 2.56 bits per heavy atom. The van der Waals surface area contributed by atoms with E-state index in [1.807, 2.05) is 19.1 Å². The molecule has 0 radical (unpaired) electrons. The van der Waals surface area contributed by atoms with Gasteiger partial charge in [0.25, 0.3) is 15.9 Å². The number of nitrogens with zero attached hydrogens (tertiary/aromatic N) is 2. The van der Waals surface area contributed by atoms with Crippen molar-refractivity contribution in [3.8, 4) is 0 Å². The predicted octanol–water partition coefficient (Wildman–Crippen LogP) is 3.31. The van der Waals surface area contributed by atoms with E-state index in [2.05, 4.69) is 15.9 Å². The molecule has 1 aliphatic heterocycles. The van der Waals surface area contributed by atoms with E-state index < -0.39 is 10.0 Å². The summed E-state index contributed by atoms with van der Waals surface area (Å²) in [5, 5.41) is 0.725. The molecule has 1 aliphatic rings. The number of amides is 1. The highest BCUT2D eigenvalue weighted by atomic mass is 79.9. The predicted molar refractivity (Wildman–Crippen MR) is 107 cm³/mol. The second-order valence-corrected chi connectivity index (χ2v) is 9.03. The Bertz CT molecular complexity index is 1140. The number of aromatic nitrogens is 1. The fourth-order valence-electron chi connectivity index (χ4n) is 3.20. The van der Waals surface area contributed by atoms with Crippen LogP contribution in [0.1, 0.15) is 5.56 Å². The van der Waals surface area contributed by atoms with Crippen molar-refractivity contribution in [1.82, 2.24) is 3.97 Å². The number of carbonyl (C=O) groups is 1. The normalized spacial score (nSPS) is 15.5. The van der Waals surface area contributed by atoms with Crippen LogP contribution in [-0.2, 0) is 19.6 Å². The number of benzene rings is 2. The maximum atomic E-state index is 13.3. The second-order valence-electron chi connectivity index (χ2n) is 6.36. The summed E-state index contributed by atoms with van der Waals surface area (Å²) in [4.78, 5) is 14.1. The molecular formula is C19H17BrN2O4S. The average molecular weight is 449 g/mol. The summed E-state index contributed by atoms with van der Waals surface area (Å²) in [5.74, 6) is -0.189. The molecule has 0 aliphatic carbocycles. The number of fused-ring (bicyclic) bond motifs is 1. The third-order valence-electron chi connectivity index (χ3n) is 4.58. The number of hydrogen-bond acceptors (Lipinski definition) is 4. The first kappa shape index (κ1) is 18.2. The molecule has 8 heteroatoms. The number of halogens is 1. The van der Waals surface area contributed by atoms with Crippen molar-refractivity contribution in [3.05, 3.63) is 58.7 Å². The van der Waals surface area contributed by atoms with Gasteiger partial charge >= 0.3 is 0 Å². The van der Waals surface area contributed by atoms with E-state index in [1.165, 1.54) is 10.2 Å². The van der Waals surface area contributed by atoms with Crippen molar-refractivity contribution < 1.29 is 17.9 Å². The van der Waals surface area contributed by atoms with E-state index in [0.717, 1.165) is 10.9 Å². The number of para-hydroxylation sites is 1. The molecule has 140 valence electrons. The van der Waals surface area contributed by atoms with Crippen LogP contribution >= 0.6 is 15.9 Å². The van der Waals surface area contributed by atoms with Gasteiger partial charge < -0.3 is 9.64 Å². The molecule has 1 amide bonds. The van der Waals surface area contributed by atoms with Crippen molar-refractivity contribution >= 4 is 48.5 Å². The van der Waals surface area contributed by atoms with Crippen LogP contribution in [0, 0.1) is 6.92 Å². The molecule has 0 bridgehead atoms. The van der Waals surface area contributed by atoms with Gasteiger partial charge in [0.15, 0.2) is 0 Å². The highest BCUT2D eigenvalue weighted by Gasteiger charge is 2.27. The van der Waals surface area contributed by atoms with Crippen LogP contribution in [0.15, 0.2) is 58.0 Å². The van der Waals surface area contributed by atoms with Gasteiger partial charge in [-0.2, -0.15) is 0 Å². The van der Waals surface area contributed by atoms with E-state index in [4.69, 9.17) is 4.74 Å². The Labute approximate surface area is 165 Å². The Morgan fingerprint density at radius 2 is 1.85 bits per heavy atom. The molecule has 6 nitrogen and oxygen atoms in total. The largest absolute Gasteiger partial charge is 0.370 e. The Hall–Kier alpha value is -2.16. The molecule has 0 spiro atoms. The molecule has 1 fully saturated rings. The number of anilines is 1. The van der Waals surface area contributed by atoms with Gasteiger partial charge in [0.05, 0.1) is 22.7 Å². The average Bonchev–Trinajstić information content (AvgIpc) is 3.01. The summed E-state index contributed by atoms with van der Waals surface area (Å²) in [7, 11) is -3.82. The summed E-state index contributed by atoms with van der Waals surface area (Å²) >= 11 is 3.45. The van der Waals surface area contributed by atoms with E-state index in [-0.39, 0.29) is 17.4 Å². The lowest BCUT2D eigenvalue weighted by atomic mass is 10.2. The van der Waals surface area contributed by atoms with Crippen LogP contribution in [0.3, 0.4) is 0 Å². The molecular weight excluding hydrogens is 432 g/mol. The first-order valence-electron chi connectivity index (χ1n) is 8.39. The van der Waals surface area contributed by atoms with Crippen molar-refractivity contribution in [3.63, 3.8) is 0 Å². The summed E-state index contributed by atoms with van der Waals surface area (Å²) in [5.41, 5.74) is 2.01. The molecule has 0 unspecified atom stereocenters. The topological polar surface area (TPSA) is 68.6 Å². The van der Waals surface area contributed by atoms with Crippen molar-refractivity contribution in [2.24, 2.45) is 0 Å². The number of carbonyl (C=O) groups excluding carboxylic acids is 1. The third kappa shape index (κ3) is 3.07. The maximum Gasteiger partial charge on any atom is 0.268 e. The minimum Gasteiger partial charge on any atom is -0.370 e. The lowest BCUT2D eigenvalue weighted by molar-refractivity contribution is -0.125. The molecule has 27 heavy (non-hydrogen) atoms. The van der Waals surface area contributed by atoms with Crippen LogP contribution in [0.25, 0.3) is 10.9 Å². The highest BCUT2D eigenvalue weighted by molar-refractivity contribution is 9.10. The minimum absolute atomic E-state index is 0.0109. The second kappa shape index (κ2) is 6.78. The number of rotatable bonds is 3. The lowest BCUT2D eigenvalue weighted by Crippen LogP contribution is -2.42. The lowest BCUT2D eigenvalue weighted by Gasteiger charge is -2.28. The van der Waals surface area contributed by atoms with E-state index in [9.17, 15) is 13.2 Å². The van der Waals surface area contributed by atoms with Crippen molar-refractivity contribution in [2.45, 2.75) is 11.8 Å². The zero-order valence-electron chi connectivity index (χ0n) is 14.6. The summed E-state index contributed by atoms with van der Waals surface area (Å²) in [6.45, 7) is 2.68. The monoisotopic (exact) mass is 448 g/mol. The minimum atomic E-state index is -3.82. The quantitative estimate of drug-likeness (QED) is 0.616. The van der Waals surface area contributed by atoms with Gasteiger partial charge in [0.2, 0.25) is 0 Å². The number of morpholine rings is 1. The summed E-state index contributed by atoms with van der Waals surface area (Å²) < 4.78 is 33.7. The van der Waals surface area contributed by atoms with Gasteiger partial charge in [0.1, 0.15) is 6.61 Å². The molecule has 3 aromatic rings. The fourth-order valence-corrected chi connectivity index (χ4v) is 5.24. The summed E-state index contributed by atoms with van der Waals surface area (Å²) in [6, 6.07) is 12.1. The molecule has 0 atom stereocenters. The Kier molecular flexibility index (Phi) is 4.57. The molecule has 2 aromatic carbocycles. The van der Waals surface area contributed by atoms with Gasteiger partial charge in [-0.15, -0.1) is 0 Å². The van der Waals surface area contributed by atoms with Crippen LogP contribution < -0.4 is 4.90 Å². The van der Waals surface area contributed by atoms with E-state index in [1.54, 1.807) is 35.2 Å². The van der Waals surface area contributed by atoms with Crippen LogP contribution in [0.4, 0.5) is 5.69 Å². The first-order valence-corrected chi connectivity index (χ1v) is 10.6. The Morgan fingerprint density at radius 1 is 1.11 bits per heavy atom. The fraction of sp³-hybridized carbons (Fsp3) is 0.211. The van der Waals surface area contributed by atoms with Gasteiger partial charge in [-0.05, 0) is 41.1 Å². The van der Waals surface area contributed by atoms with E-state index >= 15 is 0 Å². The molecule has 1 aromatic heterocycles. The maximum absolute atomic E-state index is 13.3. The van der Waals surface area contributed by atoms with Gasteiger partial charge in [-0.1, -0.05) is 29.8 Å². The van der Waals surface area contributed by atoms with Crippen molar-refractivity contribution in [2.75, 3.05) is 24.7 Å².